The van der Waals surface area contributed by atoms with Crippen LogP contribution in [0.25, 0.3) is 0 Å². The van der Waals surface area contributed by atoms with Gasteiger partial charge in [-0.2, -0.15) is 0 Å². The second-order valence-corrected chi connectivity index (χ2v) is 6.05. The highest BCUT2D eigenvalue weighted by Crippen LogP contribution is 2.21. The topological polar surface area (TPSA) is 55.1 Å². The molecule has 0 unspecified atom stereocenters. The van der Waals surface area contributed by atoms with Gasteiger partial charge in [-0.05, 0) is 45.3 Å². The molecule has 5 heteroatoms. The van der Waals surface area contributed by atoms with Gasteiger partial charge < -0.3 is 11.1 Å². The monoisotopic (exact) mass is 396 g/mol. The minimum atomic E-state index is -0.120. The van der Waals surface area contributed by atoms with E-state index in [0.29, 0.717) is 18.7 Å². The first-order valence-corrected chi connectivity index (χ1v) is 7.70. The minimum Gasteiger partial charge on any atom is -0.348 e. The summed E-state index contributed by atoms with van der Waals surface area (Å²) in [5, 5.41) is 2.91. The van der Waals surface area contributed by atoms with Crippen molar-refractivity contribution in [3.8, 4) is 0 Å². The summed E-state index contributed by atoms with van der Waals surface area (Å²) in [5.74, 6) is -0.120. The molecule has 3 N–H and O–H groups in total. The van der Waals surface area contributed by atoms with Crippen LogP contribution in [0.2, 0.25) is 0 Å². The Balaban J connectivity index is 2.11. The first-order chi connectivity index (χ1) is 9.61. The number of benzene rings is 2. The van der Waals surface area contributed by atoms with E-state index in [4.69, 9.17) is 5.73 Å². The molecule has 1 amide bonds. The van der Waals surface area contributed by atoms with Gasteiger partial charge in [-0.25, -0.2) is 0 Å². The van der Waals surface area contributed by atoms with Gasteiger partial charge in [0.2, 0.25) is 0 Å². The maximum atomic E-state index is 12.2. The molecule has 0 bridgehead atoms. The molecule has 0 spiro atoms. The molecule has 0 atom stereocenters. The molecule has 3 nitrogen and oxygen atoms in total. The van der Waals surface area contributed by atoms with E-state index in [2.05, 4.69) is 37.2 Å². The number of carbonyl (C=O) groups is 1. The molecule has 0 aliphatic rings. The molecule has 0 saturated carbocycles. The number of nitrogens with one attached hydrogen (secondary N) is 1. The summed E-state index contributed by atoms with van der Waals surface area (Å²) in [6, 6.07) is 13.3. The third-order valence-corrected chi connectivity index (χ3v) is 4.14. The lowest BCUT2D eigenvalue weighted by Crippen LogP contribution is -2.24. The van der Waals surface area contributed by atoms with Crippen molar-refractivity contribution in [1.82, 2.24) is 5.32 Å². The smallest absolute Gasteiger partial charge is 0.252 e. The molecule has 2 rings (SSSR count). The van der Waals surface area contributed by atoms with Crippen LogP contribution in [0.1, 0.15) is 21.5 Å². The Morgan fingerprint density at radius 1 is 1.10 bits per heavy atom. The average molecular weight is 398 g/mol. The van der Waals surface area contributed by atoms with Crippen LogP contribution in [-0.2, 0) is 13.1 Å². The first kappa shape index (κ1) is 15.2. The highest BCUT2D eigenvalue weighted by Gasteiger charge is 2.10. The van der Waals surface area contributed by atoms with E-state index in [-0.39, 0.29) is 5.91 Å². The van der Waals surface area contributed by atoms with Crippen LogP contribution in [0, 0.1) is 0 Å². The van der Waals surface area contributed by atoms with Crippen molar-refractivity contribution < 1.29 is 4.79 Å². The van der Waals surface area contributed by atoms with Gasteiger partial charge in [0.1, 0.15) is 0 Å². The molecule has 2 aromatic carbocycles. The zero-order chi connectivity index (χ0) is 14.5. The van der Waals surface area contributed by atoms with Crippen LogP contribution in [0.4, 0.5) is 0 Å². The van der Waals surface area contributed by atoms with Gasteiger partial charge in [-0.1, -0.05) is 40.2 Å². The Morgan fingerprint density at radius 2 is 1.80 bits per heavy atom. The quantitative estimate of drug-likeness (QED) is 0.827. The van der Waals surface area contributed by atoms with Gasteiger partial charge in [0.05, 0.1) is 5.56 Å². The van der Waals surface area contributed by atoms with Crippen molar-refractivity contribution >= 4 is 37.8 Å². The number of hydrogen-bond acceptors (Lipinski definition) is 2. The van der Waals surface area contributed by atoms with Gasteiger partial charge >= 0.3 is 0 Å². The van der Waals surface area contributed by atoms with Crippen molar-refractivity contribution in [2.45, 2.75) is 13.1 Å². The van der Waals surface area contributed by atoms with Crippen LogP contribution in [-0.4, -0.2) is 5.91 Å². The number of nitrogens with two attached hydrogens (primary N) is 1. The van der Waals surface area contributed by atoms with Crippen LogP contribution < -0.4 is 11.1 Å². The summed E-state index contributed by atoms with van der Waals surface area (Å²) in [6.45, 7) is 0.928. The van der Waals surface area contributed by atoms with Crippen LogP contribution in [0.3, 0.4) is 0 Å². The summed E-state index contributed by atoms with van der Waals surface area (Å²) in [7, 11) is 0. The van der Waals surface area contributed by atoms with Crippen LogP contribution in [0.15, 0.2) is 51.4 Å². The normalized spacial score (nSPS) is 10.3. The molecule has 0 aliphatic heterocycles. The van der Waals surface area contributed by atoms with E-state index >= 15 is 0 Å². The fourth-order valence-corrected chi connectivity index (χ4v) is 2.66. The third kappa shape index (κ3) is 3.69. The Morgan fingerprint density at radius 3 is 2.50 bits per heavy atom. The predicted molar refractivity (Wildman–Crippen MR) is 87.3 cm³/mol. The van der Waals surface area contributed by atoms with Gasteiger partial charge in [-0.15, -0.1) is 0 Å². The predicted octanol–water partition coefficient (Wildman–Crippen LogP) is 3.60. The third-order valence-electron chi connectivity index (χ3n) is 2.95. The zero-order valence-electron chi connectivity index (χ0n) is 10.7. The number of rotatable bonds is 4. The van der Waals surface area contributed by atoms with Crippen molar-refractivity contribution in [1.29, 1.82) is 0 Å². The zero-order valence-corrected chi connectivity index (χ0v) is 13.9. The SMILES string of the molecule is NCc1ccccc1CNC(=O)c1cc(Br)ccc1Br. The maximum absolute atomic E-state index is 12.2. The lowest BCUT2D eigenvalue weighted by atomic mass is 10.1. The molecular formula is C15H14Br2N2O. The molecular weight excluding hydrogens is 384 g/mol. The summed E-state index contributed by atoms with van der Waals surface area (Å²) in [5.41, 5.74) is 8.37. The Bertz CT molecular complexity index is 629. The lowest BCUT2D eigenvalue weighted by molar-refractivity contribution is 0.0950. The summed E-state index contributed by atoms with van der Waals surface area (Å²) in [6.07, 6.45) is 0. The largest absolute Gasteiger partial charge is 0.348 e. The van der Waals surface area contributed by atoms with Gasteiger partial charge in [0.25, 0.3) is 5.91 Å². The van der Waals surface area contributed by atoms with Gasteiger partial charge in [0, 0.05) is 22.0 Å². The molecule has 20 heavy (non-hydrogen) atoms. The van der Waals surface area contributed by atoms with Crippen LogP contribution >= 0.6 is 31.9 Å². The molecule has 0 heterocycles. The number of amides is 1. The second kappa shape index (κ2) is 7.02. The number of halogens is 2. The number of carbonyl (C=O) groups excluding carboxylic acids is 1. The molecule has 2 aromatic rings. The van der Waals surface area contributed by atoms with E-state index in [1.165, 1.54) is 0 Å². The van der Waals surface area contributed by atoms with E-state index in [1.807, 2.05) is 36.4 Å². The molecule has 0 radical (unpaired) electrons. The molecule has 0 aromatic heterocycles. The van der Waals surface area contributed by atoms with Crippen molar-refractivity contribution in [2.24, 2.45) is 5.73 Å². The Labute approximate surface area is 134 Å². The van der Waals surface area contributed by atoms with Crippen LogP contribution in [0.5, 0.6) is 0 Å². The minimum absolute atomic E-state index is 0.120. The van der Waals surface area contributed by atoms with Crippen molar-refractivity contribution in [3.05, 3.63) is 68.1 Å². The fourth-order valence-electron chi connectivity index (χ4n) is 1.87. The summed E-state index contributed by atoms with van der Waals surface area (Å²) < 4.78 is 1.64. The fraction of sp³-hybridized carbons (Fsp3) is 0.133. The van der Waals surface area contributed by atoms with Gasteiger partial charge in [-0.3, -0.25) is 4.79 Å². The van der Waals surface area contributed by atoms with E-state index in [0.717, 1.165) is 20.1 Å². The van der Waals surface area contributed by atoms with E-state index < -0.39 is 0 Å². The molecule has 0 fully saturated rings. The number of hydrogen-bond donors (Lipinski definition) is 2. The Hall–Kier alpha value is -1.17. The summed E-state index contributed by atoms with van der Waals surface area (Å²) in [4.78, 5) is 12.2. The Kier molecular flexibility index (Phi) is 5.34. The molecule has 0 saturated heterocycles. The van der Waals surface area contributed by atoms with E-state index in [1.54, 1.807) is 6.07 Å². The molecule has 104 valence electrons. The average Bonchev–Trinajstić information content (AvgIpc) is 2.47. The maximum Gasteiger partial charge on any atom is 0.252 e. The highest BCUT2D eigenvalue weighted by molar-refractivity contribution is 9.11. The first-order valence-electron chi connectivity index (χ1n) is 6.12. The highest BCUT2D eigenvalue weighted by atomic mass is 79.9. The van der Waals surface area contributed by atoms with Crippen molar-refractivity contribution in [2.75, 3.05) is 0 Å². The van der Waals surface area contributed by atoms with E-state index in [9.17, 15) is 4.79 Å². The summed E-state index contributed by atoms with van der Waals surface area (Å²) >= 11 is 6.75. The molecule has 0 aliphatic carbocycles. The van der Waals surface area contributed by atoms with Crippen molar-refractivity contribution in [3.63, 3.8) is 0 Å². The second-order valence-electron chi connectivity index (χ2n) is 4.28. The van der Waals surface area contributed by atoms with Gasteiger partial charge in [0.15, 0.2) is 0 Å². The lowest BCUT2D eigenvalue weighted by Gasteiger charge is -2.10. The standard InChI is InChI=1S/C15H14Br2N2O/c16-12-5-6-14(17)13(7-12)15(20)19-9-11-4-2-1-3-10(11)8-18/h1-7H,8-9,18H2,(H,19,20).